The van der Waals surface area contributed by atoms with Gasteiger partial charge in [-0.05, 0) is 44.6 Å². The molecular formula is C17H24N2O3. The lowest BCUT2D eigenvalue weighted by Gasteiger charge is -2.24. The zero-order chi connectivity index (χ0) is 15.9. The molecule has 3 rings (SSSR count). The fraction of sp³-hybridized carbons (Fsp3) is 0.588. The first-order valence-corrected chi connectivity index (χ1v) is 7.76. The van der Waals surface area contributed by atoms with E-state index >= 15 is 0 Å². The van der Waals surface area contributed by atoms with Crippen LogP contribution in [-0.4, -0.2) is 67.3 Å². The predicted octanol–water partition coefficient (Wildman–Crippen LogP) is 0.860. The number of hydrogen-bond donors (Lipinski definition) is 1. The molecule has 0 radical (unpaired) electrons. The Balaban J connectivity index is 1.77. The Morgan fingerprint density at radius 1 is 1.27 bits per heavy atom. The van der Waals surface area contributed by atoms with E-state index < -0.39 is 6.10 Å². The molecule has 1 amide bonds. The molecule has 2 atom stereocenters. The van der Waals surface area contributed by atoms with Crippen LogP contribution in [0.25, 0.3) is 0 Å². The molecule has 120 valence electrons. The quantitative estimate of drug-likeness (QED) is 0.896. The van der Waals surface area contributed by atoms with Gasteiger partial charge in [0.25, 0.3) is 0 Å². The standard InChI is InChI=1S/C17H24N2O3/c1-18(2)14-10-19(11-15(14)20)16(21)17(8-9-17)12-4-6-13(22-3)7-5-12/h4-7,14-15,20H,8-11H2,1-3H3/t14-,15-/m1/s1. The predicted molar refractivity (Wildman–Crippen MR) is 84.0 cm³/mol. The van der Waals surface area contributed by atoms with Gasteiger partial charge in [0.2, 0.25) is 5.91 Å². The third-order valence-electron chi connectivity index (χ3n) is 5.01. The number of hydrogen-bond acceptors (Lipinski definition) is 4. The maximum absolute atomic E-state index is 13.0. The molecule has 1 aliphatic heterocycles. The van der Waals surface area contributed by atoms with Crippen LogP contribution in [0.4, 0.5) is 0 Å². The molecule has 5 nitrogen and oxygen atoms in total. The fourth-order valence-corrected chi connectivity index (χ4v) is 3.41. The van der Waals surface area contributed by atoms with Crippen molar-refractivity contribution in [1.29, 1.82) is 0 Å². The summed E-state index contributed by atoms with van der Waals surface area (Å²) in [5.74, 6) is 0.956. The lowest BCUT2D eigenvalue weighted by atomic mass is 9.94. The topological polar surface area (TPSA) is 53.0 Å². The molecule has 1 saturated heterocycles. The summed E-state index contributed by atoms with van der Waals surface area (Å²) in [4.78, 5) is 16.8. The Morgan fingerprint density at radius 2 is 1.91 bits per heavy atom. The third-order valence-corrected chi connectivity index (χ3v) is 5.01. The van der Waals surface area contributed by atoms with Crippen molar-refractivity contribution in [2.45, 2.75) is 30.4 Å². The van der Waals surface area contributed by atoms with E-state index in [-0.39, 0.29) is 17.4 Å². The molecular weight excluding hydrogens is 280 g/mol. The second kappa shape index (κ2) is 5.56. The van der Waals surface area contributed by atoms with Crippen LogP contribution in [0.3, 0.4) is 0 Å². The average molecular weight is 304 g/mol. The first kappa shape index (κ1) is 15.3. The van der Waals surface area contributed by atoms with Gasteiger partial charge in [-0.1, -0.05) is 12.1 Å². The molecule has 0 aromatic heterocycles. The summed E-state index contributed by atoms with van der Waals surface area (Å²) in [5.41, 5.74) is 0.675. The molecule has 1 aliphatic carbocycles. The summed E-state index contributed by atoms with van der Waals surface area (Å²) >= 11 is 0. The van der Waals surface area contributed by atoms with Gasteiger partial charge in [-0.3, -0.25) is 4.79 Å². The van der Waals surface area contributed by atoms with Crippen molar-refractivity contribution in [3.8, 4) is 5.75 Å². The van der Waals surface area contributed by atoms with Gasteiger partial charge in [0.05, 0.1) is 24.7 Å². The number of likely N-dealkylation sites (N-methyl/N-ethyl adjacent to an activating group) is 1. The molecule has 1 N–H and O–H groups in total. The highest BCUT2D eigenvalue weighted by molar-refractivity contribution is 5.91. The van der Waals surface area contributed by atoms with E-state index in [1.165, 1.54) is 0 Å². The Morgan fingerprint density at radius 3 is 2.36 bits per heavy atom. The first-order chi connectivity index (χ1) is 10.5. The van der Waals surface area contributed by atoms with Crippen molar-refractivity contribution in [2.24, 2.45) is 0 Å². The highest BCUT2D eigenvalue weighted by atomic mass is 16.5. The number of rotatable bonds is 4. The zero-order valence-corrected chi connectivity index (χ0v) is 13.5. The summed E-state index contributed by atoms with van der Waals surface area (Å²) in [6.07, 6.45) is 1.31. The number of aliphatic hydroxyl groups excluding tert-OH is 1. The number of nitrogens with zero attached hydrogens (tertiary/aromatic N) is 2. The fourth-order valence-electron chi connectivity index (χ4n) is 3.41. The van der Waals surface area contributed by atoms with E-state index in [4.69, 9.17) is 4.74 Å². The number of benzene rings is 1. The molecule has 1 heterocycles. The van der Waals surface area contributed by atoms with Gasteiger partial charge in [-0.25, -0.2) is 0 Å². The van der Waals surface area contributed by atoms with Crippen LogP contribution in [0.5, 0.6) is 5.75 Å². The summed E-state index contributed by atoms with van der Waals surface area (Å²) in [5, 5.41) is 10.2. The first-order valence-electron chi connectivity index (χ1n) is 7.76. The molecule has 0 spiro atoms. The summed E-state index contributed by atoms with van der Waals surface area (Å²) in [6, 6.07) is 7.81. The second-order valence-corrected chi connectivity index (χ2v) is 6.62. The molecule has 1 aromatic carbocycles. The van der Waals surface area contributed by atoms with Crippen LogP contribution in [0.15, 0.2) is 24.3 Å². The smallest absolute Gasteiger partial charge is 0.233 e. The molecule has 2 aliphatic rings. The maximum atomic E-state index is 13.0. The minimum Gasteiger partial charge on any atom is -0.497 e. The number of amides is 1. The van der Waals surface area contributed by atoms with Crippen molar-refractivity contribution >= 4 is 5.91 Å². The van der Waals surface area contributed by atoms with Crippen LogP contribution >= 0.6 is 0 Å². The van der Waals surface area contributed by atoms with Gasteiger partial charge in [0, 0.05) is 13.1 Å². The lowest BCUT2D eigenvalue weighted by molar-refractivity contribution is -0.133. The third kappa shape index (κ3) is 2.48. The van der Waals surface area contributed by atoms with E-state index in [0.717, 1.165) is 24.2 Å². The van der Waals surface area contributed by atoms with E-state index in [9.17, 15) is 9.90 Å². The number of carbonyl (C=O) groups is 1. The van der Waals surface area contributed by atoms with Crippen LogP contribution in [0.2, 0.25) is 0 Å². The minimum atomic E-state index is -0.467. The van der Waals surface area contributed by atoms with Gasteiger partial charge in [-0.2, -0.15) is 0 Å². The van der Waals surface area contributed by atoms with E-state index in [1.54, 1.807) is 7.11 Å². The Bertz CT molecular complexity index is 552. The zero-order valence-electron chi connectivity index (χ0n) is 13.5. The molecule has 0 unspecified atom stereocenters. The number of ether oxygens (including phenoxy) is 1. The summed E-state index contributed by atoms with van der Waals surface area (Å²) < 4.78 is 5.18. The van der Waals surface area contributed by atoms with Crippen molar-refractivity contribution in [3.63, 3.8) is 0 Å². The van der Waals surface area contributed by atoms with Crippen molar-refractivity contribution in [1.82, 2.24) is 9.80 Å². The van der Waals surface area contributed by atoms with Gasteiger partial charge < -0.3 is 19.6 Å². The Kier molecular flexibility index (Phi) is 3.87. The van der Waals surface area contributed by atoms with E-state index in [1.807, 2.05) is 48.2 Å². The maximum Gasteiger partial charge on any atom is 0.233 e. The SMILES string of the molecule is COc1ccc(C2(C(=O)N3C[C@@H](O)[C@H](N(C)C)C3)CC2)cc1. The number of methoxy groups -OCH3 is 1. The van der Waals surface area contributed by atoms with Crippen LogP contribution in [0, 0.1) is 0 Å². The van der Waals surface area contributed by atoms with Gasteiger partial charge in [0.15, 0.2) is 0 Å². The number of aliphatic hydroxyl groups is 1. The minimum absolute atomic E-state index is 0.0237. The Hall–Kier alpha value is -1.59. The molecule has 22 heavy (non-hydrogen) atoms. The van der Waals surface area contributed by atoms with Crippen LogP contribution in [0.1, 0.15) is 18.4 Å². The highest BCUT2D eigenvalue weighted by Gasteiger charge is 2.54. The van der Waals surface area contributed by atoms with Gasteiger partial charge in [0.1, 0.15) is 5.75 Å². The number of β-amino-alcohol motifs (C(OH)–C–C–N with tert-alkyl or cyclic N) is 1. The van der Waals surface area contributed by atoms with E-state index in [0.29, 0.717) is 13.1 Å². The molecule has 5 heteroatoms. The van der Waals surface area contributed by atoms with Crippen molar-refractivity contribution in [2.75, 3.05) is 34.3 Å². The highest BCUT2D eigenvalue weighted by Crippen LogP contribution is 2.50. The Labute approximate surface area is 131 Å². The number of carbonyl (C=O) groups excluding carboxylic acids is 1. The molecule has 1 saturated carbocycles. The normalized spacial score (nSPS) is 26.3. The average Bonchev–Trinajstić information content (AvgIpc) is 3.23. The van der Waals surface area contributed by atoms with Crippen LogP contribution < -0.4 is 4.74 Å². The lowest BCUT2D eigenvalue weighted by Crippen LogP contribution is -2.40. The van der Waals surface area contributed by atoms with Gasteiger partial charge >= 0.3 is 0 Å². The largest absolute Gasteiger partial charge is 0.497 e. The monoisotopic (exact) mass is 304 g/mol. The second-order valence-electron chi connectivity index (χ2n) is 6.62. The summed E-state index contributed by atoms with van der Waals surface area (Å²) in [6.45, 7) is 1.03. The van der Waals surface area contributed by atoms with Crippen LogP contribution in [-0.2, 0) is 10.2 Å². The summed E-state index contributed by atoms with van der Waals surface area (Å²) in [7, 11) is 5.52. The molecule has 0 bridgehead atoms. The number of likely N-dealkylation sites (tertiary alicyclic amines) is 1. The van der Waals surface area contributed by atoms with E-state index in [2.05, 4.69) is 0 Å². The van der Waals surface area contributed by atoms with Gasteiger partial charge in [-0.15, -0.1) is 0 Å². The molecule has 1 aromatic rings. The molecule has 2 fully saturated rings. The van der Waals surface area contributed by atoms with Crippen molar-refractivity contribution < 1.29 is 14.6 Å². The van der Waals surface area contributed by atoms with Crippen molar-refractivity contribution in [3.05, 3.63) is 29.8 Å².